The van der Waals surface area contributed by atoms with Crippen LogP contribution in [-0.4, -0.2) is 11.5 Å². The first-order chi connectivity index (χ1) is 2.41. The molecule has 0 bridgehead atoms. The first kappa shape index (κ1) is 5.57. The van der Waals surface area contributed by atoms with E-state index in [4.69, 9.17) is 0 Å². The maximum Gasteiger partial charge on any atom is 0.131 e. The van der Waals surface area contributed by atoms with Gasteiger partial charge in [-0.05, 0) is 0 Å². The zero-order valence-electron chi connectivity index (χ0n) is 2.89. The van der Waals surface area contributed by atoms with Crippen molar-refractivity contribution in [3.63, 3.8) is 0 Å². The Morgan fingerprint density at radius 2 is 1.60 bits per heavy atom. The summed E-state index contributed by atoms with van der Waals surface area (Å²) >= 11 is 7.79. The van der Waals surface area contributed by atoms with Crippen molar-refractivity contribution in [1.29, 1.82) is 0 Å². The highest BCUT2D eigenvalue weighted by Gasteiger charge is 1.81. The van der Waals surface area contributed by atoms with Gasteiger partial charge in [0, 0.05) is 0 Å². The van der Waals surface area contributed by atoms with E-state index >= 15 is 0 Å². The number of hydrogen-bond donors (Lipinski definition) is 2. The summed E-state index contributed by atoms with van der Waals surface area (Å²) in [4.78, 5) is 0. The van der Waals surface area contributed by atoms with Crippen molar-refractivity contribution in [3.8, 4) is 0 Å². The van der Waals surface area contributed by atoms with Gasteiger partial charge in [0.15, 0.2) is 0 Å². The van der Waals surface area contributed by atoms with Crippen LogP contribution in [0.1, 0.15) is 0 Å². The minimum absolute atomic E-state index is 0.837. The third-order valence-corrected chi connectivity index (χ3v) is 0.775. The molecule has 0 aromatic heterocycles. The van der Waals surface area contributed by atoms with Gasteiger partial charge in [0.1, 0.15) is 11.5 Å². The molecule has 0 aromatic carbocycles. The van der Waals surface area contributed by atoms with Crippen LogP contribution in [0, 0.1) is 6.42 Å². The van der Waals surface area contributed by atoms with Gasteiger partial charge in [-0.15, -0.1) is 25.3 Å². The normalized spacial score (nSPS) is 7.60. The molecule has 0 aliphatic rings. The Hall–Kier alpha value is 0.570. The smallest absolute Gasteiger partial charge is 0.131 e. The lowest BCUT2D eigenvalue weighted by molar-refractivity contribution is 1.47. The van der Waals surface area contributed by atoms with Crippen molar-refractivity contribution in [2.24, 2.45) is 0 Å². The molecule has 0 nitrogen and oxygen atoms in total. The molecule has 0 heterocycles. The Morgan fingerprint density at radius 3 is 1.60 bits per heavy atom. The largest absolute Gasteiger partial charge is 0.131 e. The zero-order valence-corrected chi connectivity index (χ0v) is 4.67. The summed E-state index contributed by atoms with van der Waals surface area (Å²) in [6.45, 7) is 0. The lowest BCUT2D eigenvalue weighted by atomic mass is 10.6. The topological polar surface area (TPSA) is 0 Å². The van der Waals surface area contributed by atoms with Gasteiger partial charge in [-0.2, -0.15) is 0 Å². The third-order valence-electron chi connectivity index (χ3n) is 0.258. The average Bonchev–Trinajstić information content (AvgIpc) is 1.41. The molecular weight excluding hydrogens is 100 g/mol. The van der Waals surface area contributed by atoms with E-state index in [0.29, 0.717) is 0 Å². The molecule has 0 aliphatic heterocycles. The van der Waals surface area contributed by atoms with Crippen LogP contribution in [0.4, 0.5) is 0 Å². The number of rotatable bonds is 2. The van der Waals surface area contributed by atoms with Crippen LogP contribution >= 0.6 is 25.3 Å². The van der Waals surface area contributed by atoms with E-state index in [0.717, 1.165) is 11.5 Å². The molecule has 0 N–H and O–H groups in total. The number of thiol groups is 2. The van der Waals surface area contributed by atoms with Gasteiger partial charge in [-0.25, -0.2) is 0 Å². The van der Waals surface area contributed by atoms with Gasteiger partial charge in [-0.1, -0.05) is 0 Å². The minimum atomic E-state index is 0.837. The van der Waals surface area contributed by atoms with E-state index < -0.39 is 0 Å². The van der Waals surface area contributed by atoms with Gasteiger partial charge in [0.2, 0.25) is 0 Å². The molecule has 0 unspecified atom stereocenters. The molecule has 0 aromatic rings. The van der Waals surface area contributed by atoms with Crippen LogP contribution < -0.4 is 0 Å². The maximum absolute atomic E-state index is 3.90. The Morgan fingerprint density at radius 1 is 1.20 bits per heavy atom. The SMILES string of the molecule is SC[CH+]CS. The fraction of sp³-hybridized carbons (Fsp3) is 0.667. The molecule has 0 amide bonds. The van der Waals surface area contributed by atoms with Crippen molar-refractivity contribution in [2.45, 2.75) is 0 Å². The second kappa shape index (κ2) is 4.57. The summed E-state index contributed by atoms with van der Waals surface area (Å²) in [5.41, 5.74) is 0. The van der Waals surface area contributed by atoms with Gasteiger partial charge in [-0.3, -0.25) is 0 Å². The Labute approximate surface area is 43.8 Å². The predicted molar refractivity (Wildman–Crippen MR) is 32.0 cm³/mol. The molecular formula is C3H7S2+. The first-order valence-electron chi connectivity index (χ1n) is 1.45. The van der Waals surface area contributed by atoms with Crippen molar-refractivity contribution in [1.82, 2.24) is 0 Å². The second-order valence-electron chi connectivity index (χ2n) is 0.654. The van der Waals surface area contributed by atoms with E-state index in [9.17, 15) is 0 Å². The van der Waals surface area contributed by atoms with Crippen LogP contribution in [0.15, 0.2) is 0 Å². The van der Waals surface area contributed by atoms with Crippen molar-refractivity contribution >= 4 is 25.3 Å². The summed E-state index contributed by atoms with van der Waals surface area (Å²) in [6, 6.07) is 0. The maximum atomic E-state index is 3.90. The molecule has 30 valence electrons. The standard InChI is InChI=1S/C3H6S2/c4-2-1-3-5/h1H,2-3H2,(H-,4,5)/p+1. The highest BCUT2D eigenvalue weighted by Crippen LogP contribution is 1.81. The fourth-order valence-electron chi connectivity index (χ4n) is 0.0577. The highest BCUT2D eigenvalue weighted by atomic mass is 32.1. The summed E-state index contributed by atoms with van der Waals surface area (Å²) in [5, 5.41) is 0. The molecule has 0 spiro atoms. The molecule has 0 radical (unpaired) electrons. The molecule has 5 heavy (non-hydrogen) atoms. The average molecular weight is 107 g/mol. The van der Waals surface area contributed by atoms with Crippen LogP contribution in [-0.2, 0) is 0 Å². The predicted octanol–water partition coefficient (Wildman–Crippen LogP) is 1.05. The summed E-state index contributed by atoms with van der Waals surface area (Å²) in [6.07, 6.45) is 1.98. The quantitative estimate of drug-likeness (QED) is 0.382. The van der Waals surface area contributed by atoms with Gasteiger partial charge in [0.25, 0.3) is 0 Å². The molecule has 0 saturated carbocycles. The van der Waals surface area contributed by atoms with Crippen LogP contribution in [0.3, 0.4) is 0 Å². The summed E-state index contributed by atoms with van der Waals surface area (Å²) < 4.78 is 0. The van der Waals surface area contributed by atoms with E-state index in [1.807, 2.05) is 6.42 Å². The van der Waals surface area contributed by atoms with E-state index in [1.54, 1.807) is 0 Å². The van der Waals surface area contributed by atoms with Gasteiger partial charge in [0.05, 0.1) is 6.42 Å². The van der Waals surface area contributed by atoms with Crippen LogP contribution in [0.5, 0.6) is 0 Å². The molecule has 0 atom stereocenters. The molecule has 2 heteroatoms. The number of hydrogen-bond acceptors (Lipinski definition) is 2. The minimum Gasteiger partial charge on any atom is -0.131 e. The van der Waals surface area contributed by atoms with E-state index in [2.05, 4.69) is 25.3 Å². The second-order valence-corrected chi connectivity index (χ2v) is 1.38. The lowest BCUT2D eigenvalue weighted by Crippen LogP contribution is -1.73. The summed E-state index contributed by atoms with van der Waals surface area (Å²) in [7, 11) is 0. The first-order valence-corrected chi connectivity index (χ1v) is 2.71. The van der Waals surface area contributed by atoms with Crippen LogP contribution in [0.25, 0.3) is 0 Å². The van der Waals surface area contributed by atoms with Crippen LogP contribution in [0.2, 0.25) is 0 Å². The Bertz CT molecular complexity index is 12.4. The van der Waals surface area contributed by atoms with E-state index in [1.165, 1.54) is 0 Å². The van der Waals surface area contributed by atoms with Gasteiger partial charge >= 0.3 is 0 Å². The highest BCUT2D eigenvalue weighted by molar-refractivity contribution is 7.81. The monoisotopic (exact) mass is 107 g/mol. The molecule has 0 saturated heterocycles. The van der Waals surface area contributed by atoms with Crippen molar-refractivity contribution < 1.29 is 0 Å². The van der Waals surface area contributed by atoms with Gasteiger partial charge < -0.3 is 0 Å². The zero-order chi connectivity index (χ0) is 4.12. The van der Waals surface area contributed by atoms with Crippen molar-refractivity contribution in [2.75, 3.05) is 11.5 Å². The Balaban J connectivity index is 2.19. The summed E-state index contributed by atoms with van der Waals surface area (Å²) in [5.74, 6) is 1.67. The van der Waals surface area contributed by atoms with Crippen molar-refractivity contribution in [3.05, 3.63) is 6.42 Å². The third kappa shape index (κ3) is 4.57. The van der Waals surface area contributed by atoms with E-state index in [-0.39, 0.29) is 0 Å². The fourth-order valence-corrected chi connectivity index (χ4v) is 0.520. The molecule has 0 fully saturated rings. The molecule has 0 rings (SSSR count). The molecule has 0 aliphatic carbocycles. The lowest BCUT2D eigenvalue weighted by Gasteiger charge is -1.66. The Kier molecular flexibility index (Phi) is 5.09.